The highest BCUT2D eigenvalue weighted by molar-refractivity contribution is 5.82. The smallest absolute Gasteiger partial charge is 0.212 e. The van der Waals surface area contributed by atoms with E-state index in [1.54, 1.807) is 13.3 Å². The number of ether oxygens (including phenoxy) is 1. The van der Waals surface area contributed by atoms with Gasteiger partial charge in [-0.3, -0.25) is 4.90 Å². The molecule has 3 aromatic heterocycles. The van der Waals surface area contributed by atoms with E-state index in [9.17, 15) is 4.39 Å². The van der Waals surface area contributed by atoms with Crippen LogP contribution in [0.5, 0.6) is 5.88 Å². The second kappa shape index (κ2) is 7.13. The molecule has 1 saturated heterocycles. The van der Waals surface area contributed by atoms with Crippen molar-refractivity contribution in [2.75, 3.05) is 20.2 Å². The molecular weight excluding hydrogens is 357 g/mol. The normalized spacial score (nSPS) is 19.0. The van der Waals surface area contributed by atoms with Crippen molar-refractivity contribution >= 4 is 11.0 Å². The highest BCUT2D eigenvalue weighted by Crippen LogP contribution is 2.42. The van der Waals surface area contributed by atoms with Gasteiger partial charge in [0.05, 0.1) is 24.3 Å². The number of hydrogen-bond donors (Lipinski definition) is 0. The number of alkyl halides is 1. The number of fused-ring (bicyclic) bond motifs is 5. The molecule has 3 aromatic rings. The van der Waals surface area contributed by atoms with Crippen molar-refractivity contribution in [1.82, 2.24) is 24.4 Å². The van der Waals surface area contributed by atoms with E-state index in [4.69, 9.17) is 4.74 Å². The van der Waals surface area contributed by atoms with Gasteiger partial charge in [0.25, 0.3) is 0 Å². The Morgan fingerprint density at radius 1 is 1.21 bits per heavy atom. The summed E-state index contributed by atoms with van der Waals surface area (Å²) in [7, 11) is 1.62. The van der Waals surface area contributed by atoms with E-state index in [-0.39, 0.29) is 5.82 Å². The van der Waals surface area contributed by atoms with E-state index in [0.29, 0.717) is 11.9 Å². The van der Waals surface area contributed by atoms with Crippen molar-refractivity contribution in [3.63, 3.8) is 0 Å². The van der Waals surface area contributed by atoms with Crippen LogP contribution >= 0.6 is 0 Å². The lowest BCUT2D eigenvalue weighted by Crippen LogP contribution is -2.31. The summed E-state index contributed by atoms with van der Waals surface area (Å²) < 4.78 is 20.7. The van der Waals surface area contributed by atoms with Crippen LogP contribution in [0.15, 0.2) is 24.5 Å². The third-order valence-corrected chi connectivity index (χ3v) is 6.09. The summed E-state index contributed by atoms with van der Waals surface area (Å²) in [5, 5.41) is 0. The standard InChI is InChI=1S/C21H24FN5O/c1-28-19-5-4-14(12-24-19)6-10-27-16-7-9-26-8-2-3-15(26)20(16)21-17(27)13-23-18(11-22)25-21/h4-5,12-13,15H,2-3,6-11H2,1H3. The van der Waals surface area contributed by atoms with Gasteiger partial charge in [0.1, 0.15) is 6.67 Å². The summed E-state index contributed by atoms with van der Waals surface area (Å²) in [5.41, 5.74) is 5.80. The second-order valence-electron chi connectivity index (χ2n) is 7.57. The number of aromatic nitrogens is 4. The minimum Gasteiger partial charge on any atom is -0.481 e. The van der Waals surface area contributed by atoms with Crippen LogP contribution in [0.3, 0.4) is 0 Å². The van der Waals surface area contributed by atoms with E-state index >= 15 is 0 Å². The van der Waals surface area contributed by atoms with E-state index in [1.165, 1.54) is 17.7 Å². The number of pyridine rings is 1. The van der Waals surface area contributed by atoms with E-state index in [2.05, 4.69) is 30.5 Å². The molecule has 0 spiro atoms. The molecule has 1 atom stereocenters. The minimum absolute atomic E-state index is 0.280. The number of hydrogen-bond acceptors (Lipinski definition) is 5. The molecule has 5 heterocycles. The van der Waals surface area contributed by atoms with Crippen LogP contribution < -0.4 is 4.74 Å². The van der Waals surface area contributed by atoms with Crippen LogP contribution in [0.2, 0.25) is 0 Å². The van der Waals surface area contributed by atoms with Gasteiger partial charge in [0.15, 0.2) is 5.82 Å². The molecule has 0 aliphatic carbocycles. The molecule has 2 aliphatic rings. The predicted molar refractivity (Wildman–Crippen MR) is 104 cm³/mol. The highest BCUT2D eigenvalue weighted by Gasteiger charge is 2.36. The van der Waals surface area contributed by atoms with E-state index in [0.717, 1.165) is 55.5 Å². The first kappa shape index (κ1) is 17.6. The van der Waals surface area contributed by atoms with Crippen molar-refractivity contribution in [3.05, 3.63) is 47.2 Å². The summed E-state index contributed by atoms with van der Waals surface area (Å²) in [4.78, 5) is 15.7. The third kappa shape index (κ3) is 2.85. The molecule has 0 radical (unpaired) electrons. The molecule has 0 saturated carbocycles. The van der Waals surface area contributed by atoms with Crippen molar-refractivity contribution in [2.24, 2.45) is 0 Å². The van der Waals surface area contributed by atoms with Crippen LogP contribution in [0.25, 0.3) is 11.0 Å². The summed E-state index contributed by atoms with van der Waals surface area (Å²) in [6, 6.07) is 4.36. The molecule has 7 heteroatoms. The Labute approximate surface area is 163 Å². The molecule has 146 valence electrons. The van der Waals surface area contributed by atoms with Gasteiger partial charge in [-0.2, -0.15) is 0 Å². The molecular formula is C21H24FN5O. The van der Waals surface area contributed by atoms with Gasteiger partial charge in [-0.25, -0.2) is 19.3 Å². The van der Waals surface area contributed by atoms with Gasteiger partial charge in [-0.1, -0.05) is 6.07 Å². The van der Waals surface area contributed by atoms with Gasteiger partial charge >= 0.3 is 0 Å². The van der Waals surface area contributed by atoms with Crippen LogP contribution in [0.4, 0.5) is 4.39 Å². The minimum atomic E-state index is -0.623. The highest BCUT2D eigenvalue weighted by atomic mass is 19.1. The van der Waals surface area contributed by atoms with Crippen molar-refractivity contribution in [3.8, 4) is 5.88 Å². The monoisotopic (exact) mass is 381 g/mol. The Morgan fingerprint density at radius 3 is 2.93 bits per heavy atom. The van der Waals surface area contributed by atoms with Gasteiger partial charge in [-0.05, 0) is 31.4 Å². The van der Waals surface area contributed by atoms with Crippen LogP contribution in [-0.4, -0.2) is 44.6 Å². The Bertz CT molecular complexity index is 1000. The zero-order valence-corrected chi connectivity index (χ0v) is 16.1. The fourth-order valence-electron chi connectivity index (χ4n) is 4.77. The predicted octanol–water partition coefficient (Wildman–Crippen LogP) is 3.24. The maximum absolute atomic E-state index is 13.2. The summed E-state index contributed by atoms with van der Waals surface area (Å²) in [5.74, 6) is 0.906. The van der Waals surface area contributed by atoms with Gasteiger partial charge in [0, 0.05) is 49.1 Å². The summed E-state index contributed by atoms with van der Waals surface area (Å²) in [6.07, 6.45) is 7.92. The lowest BCUT2D eigenvalue weighted by Gasteiger charge is -2.30. The molecule has 0 amide bonds. The Hall–Kier alpha value is -2.54. The zero-order valence-electron chi connectivity index (χ0n) is 16.1. The van der Waals surface area contributed by atoms with Gasteiger partial charge in [0.2, 0.25) is 5.88 Å². The number of nitrogens with zero attached hydrogens (tertiary/aromatic N) is 5. The first-order valence-electron chi connectivity index (χ1n) is 9.94. The average molecular weight is 381 g/mol. The maximum Gasteiger partial charge on any atom is 0.212 e. The summed E-state index contributed by atoms with van der Waals surface area (Å²) >= 11 is 0. The second-order valence-corrected chi connectivity index (χ2v) is 7.57. The number of aryl methyl sites for hydroxylation is 2. The first-order chi connectivity index (χ1) is 13.8. The van der Waals surface area contributed by atoms with Crippen molar-refractivity contribution in [1.29, 1.82) is 0 Å². The lowest BCUT2D eigenvalue weighted by molar-refractivity contribution is 0.241. The van der Waals surface area contributed by atoms with Crippen LogP contribution in [0, 0.1) is 0 Å². The van der Waals surface area contributed by atoms with Crippen molar-refractivity contribution in [2.45, 2.75) is 44.9 Å². The first-order valence-corrected chi connectivity index (χ1v) is 9.94. The molecule has 2 aliphatic heterocycles. The SMILES string of the molecule is COc1ccc(CCn2c3c(c4nc(CF)ncc42)C2CCCN2CC3)cn1. The molecule has 5 rings (SSSR count). The Kier molecular flexibility index (Phi) is 4.47. The molecule has 6 nitrogen and oxygen atoms in total. The van der Waals surface area contributed by atoms with E-state index in [1.807, 2.05) is 12.3 Å². The Morgan fingerprint density at radius 2 is 2.14 bits per heavy atom. The van der Waals surface area contributed by atoms with E-state index < -0.39 is 6.67 Å². The molecule has 0 aromatic carbocycles. The lowest BCUT2D eigenvalue weighted by atomic mass is 9.98. The van der Waals surface area contributed by atoms with Gasteiger partial charge in [-0.15, -0.1) is 0 Å². The molecule has 28 heavy (non-hydrogen) atoms. The third-order valence-electron chi connectivity index (χ3n) is 6.09. The fourth-order valence-corrected chi connectivity index (χ4v) is 4.77. The quantitative estimate of drug-likeness (QED) is 0.679. The number of methoxy groups -OCH3 is 1. The molecule has 1 unspecified atom stereocenters. The van der Waals surface area contributed by atoms with Crippen molar-refractivity contribution < 1.29 is 9.13 Å². The maximum atomic E-state index is 13.2. The number of halogens is 1. The van der Waals surface area contributed by atoms with Crippen LogP contribution in [0.1, 0.15) is 41.5 Å². The zero-order chi connectivity index (χ0) is 19.1. The average Bonchev–Trinajstić information content (AvgIpc) is 3.34. The van der Waals surface area contributed by atoms with Crippen LogP contribution in [-0.2, 0) is 26.1 Å². The fraction of sp³-hybridized carbons (Fsp3) is 0.476. The molecule has 0 bridgehead atoms. The Balaban J connectivity index is 1.54. The molecule has 1 fully saturated rings. The summed E-state index contributed by atoms with van der Waals surface area (Å²) in [6.45, 7) is 2.45. The van der Waals surface area contributed by atoms with Gasteiger partial charge < -0.3 is 9.30 Å². The number of rotatable bonds is 5. The topological polar surface area (TPSA) is 56.1 Å². The largest absolute Gasteiger partial charge is 0.481 e. The molecule has 0 N–H and O–H groups in total.